The summed E-state index contributed by atoms with van der Waals surface area (Å²) in [5.41, 5.74) is 1.95. The van der Waals surface area contributed by atoms with E-state index in [1.807, 2.05) is 24.3 Å². The first kappa shape index (κ1) is 11.1. The van der Waals surface area contributed by atoms with E-state index in [4.69, 9.17) is 0 Å². The van der Waals surface area contributed by atoms with E-state index in [9.17, 15) is 4.79 Å². The van der Waals surface area contributed by atoms with Crippen molar-refractivity contribution in [3.05, 3.63) is 54.9 Å². The Hall–Kier alpha value is -2.43. The van der Waals surface area contributed by atoms with E-state index in [2.05, 4.69) is 22.2 Å². The molecular formula is C12H12N4O. The number of nitrogens with zero attached hydrogens (tertiary/aromatic N) is 3. The van der Waals surface area contributed by atoms with Crippen molar-refractivity contribution >= 4 is 5.91 Å². The van der Waals surface area contributed by atoms with Crippen molar-refractivity contribution in [1.29, 1.82) is 0 Å². The van der Waals surface area contributed by atoms with E-state index in [-0.39, 0.29) is 5.91 Å². The maximum Gasteiger partial charge on any atom is 0.243 e. The third-order valence-corrected chi connectivity index (χ3v) is 2.28. The van der Waals surface area contributed by atoms with Crippen LogP contribution >= 0.6 is 0 Å². The molecule has 0 unspecified atom stereocenters. The lowest BCUT2D eigenvalue weighted by Crippen LogP contribution is -2.19. The molecule has 1 aromatic heterocycles. The van der Waals surface area contributed by atoms with E-state index in [0.29, 0.717) is 6.54 Å². The van der Waals surface area contributed by atoms with E-state index in [0.717, 1.165) is 11.3 Å². The molecule has 1 aromatic carbocycles. The van der Waals surface area contributed by atoms with Gasteiger partial charge in [0.15, 0.2) is 0 Å². The van der Waals surface area contributed by atoms with Gasteiger partial charge in [-0.05, 0) is 23.8 Å². The van der Waals surface area contributed by atoms with Gasteiger partial charge >= 0.3 is 0 Å². The summed E-state index contributed by atoms with van der Waals surface area (Å²) in [7, 11) is 0. The zero-order valence-corrected chi connectivity index (χ0v) is 9.21. The summed E-state index contributed by atoms with van der Waals surface area (Å²) in [5.74, 6) is -0.176. The first-order valence-electron chi connectivity index (χ1n) is 5.15. The molecule has 1 heterocycles. The fourth-order valence-corrected chi connectivity index (χ4v) is 1.37. The molecule has 0 saturated heterocycles. The average molecular weight is 228 g/mol. The van der Waals surface area contributed by atoms with Crippen LogP contribution in [0.15, 0.2) is 49.3 Å². The van der Waals surface area contributed by atoms with Crippen LogP contribution in [-0.2, 0) is 11.3 Å². The van der Waals surface area contributed by atoms with Crippen LogP contribution in [0.3, 0.4) is 0 Å². The van der Waals surface area contributed by atoms with E-state index >= 15 is 0 Å². The Balaban J connectivity index is 2.03. The number of hydrogen-bond donors (Lipinski definition) is 1. The van der Waals surface area contributed by atoms with Crippen LogP contribution in [0, 0.1) is 0 Å². The highest BCUT2D eigenvalue weighted by molar-refractivity contribution is 5.86. The van der Waals surface area contributed by atoms with Crippen molar-refractivity contribution in [3.63, 3.8) is 0 Å². The number of amides is 1. The maximum absolute atomic E-state index is 11.0. The average Bonchev–Trinajstić information content (AvgIpc) is 2.90. The molecule has 86 valence electrons. The first-order valence-corrected chi connectivity index (χ1v) is 5.15. The van der Waals surface area contributed by atoms with Gasteiger partial charge in [-0.3, -0.25) is 4.79 Å². The lowest BCUT2D eigenvalue weighted by atomic mass is 10.2. The topological polar surface area (TPSA) is 59.8 Å². The van der Waals surface area contributed by atoms with Gasteiger partial charge in [-0.1, -0.05) is 23.9 Å². The molecule has 0 bridgehead atoms. The quantitative estimate of drug-likeness (QED) is 0.796. The molecular weight excluding hydrogens is 216 g/mol. The summed E-state index contributed by atoms with van der Waals surface area (Å²) in [4.78, 5) is 11.0. The van der Waals surface area contributed by atoms with Crippen LogP contribution in [0.1, 0.15) is 5.56 Å². The number of hydrogen-bond acceptors (Lipinski definition) is 3. The molecule has 0 aliphatic carbocycles. The minimum Gasteiger partial charge on any atom is -0.348 e. The normalized spacial score (nSPS) is 9.88. The third kappa shape index (κ3) is 2.78. The second-order valence-corrected chi connectivity index (χ2v) is 3.44. The second kappa shape index (κ2) is 5.07. The molecule has 0 spiro atoms. The van der Waals surface area contributed by atoms with Gasteiger partial charge in [0.1, 0.15) is 0 Å². The number of carbonyl (C=O) groups is 1. The Labute approximate surface area is 98.8 Å². The van der Waals surface area contributed by atoms with Crippen molar-refractivity contribution in [1.82, 2.24) is 20.3 Å². The van der Waals surface area contributed by atoms with Crippen molar-refractivity contribution in [2.45, 2.75) is 6.54 Å². The van der Waals surface area contributed by atoms with E-state index < -0.39 is 0 Å². The number of carbonyl (C=O) groups excluding carboxylic acids is 1. The van der Waals surface area contributed by atoms with Crippen LogP contribution in [0.2, 0.25) is 0 Å². The second-order valence-electron chi connectivity index (χ2n) is 3.44. The summed E-state index contributed by atoms with van der Waals surface area (Å²) in [6.07, 6.45) is 4.65. The van der Waals surface area contributed by atoms with Gasteiger partial charge in [0.25, 0.3) is 0 Å². The molecule has 5 nitrogen and oxygen atoms in total. The number of benzene rings is 1. The Kier molecular flexibility index (Phi) is 3.30. The number of aromatic nitrogens is 3. The predicted molar refractivity (Wildman–Crippen MR) is 63.4 cm³/mol. The summed E-state index contributed by atoms with van der Waals surface area (Å²) in [6.45, 7) is 3.88. The molecule has 0 atom stereocenters. The largest absolute Gasteiger partial charge is 0.348 e. The highest BCUT2D eigenvalue weighted by Gasteiger charge is 1.98. The van der Waals surface area contributed by atoms with Crippen molar-refractivity contribution < 1.29 is 4.79 Å². The molecule has 0 aliphatic rings. The molecule has 0 aliphatic heterocycles. The Morgan fingerprint density at radius 3 is 2.76 bits per heavy atom. The van der Waals surface area contributed by atoms with Crippen LogP contribution in [0.5, 0.6) is 0 Å². The molecule has 1 N–H and O–H groups in total. The lowest BCUT2D eigenvalue weighted by Gasteiger charge is -2.04. The fraction of sp³-hybridized carbons (Fsp3) is 0.0833. The number of rotatable bonds is 4. The summed E-state index contributed by atoms with van der Waals surface area (Å²) >= 11 is 0. The molecule has 2 aromatic rings. The van der Waals surface area contributed by atoms with Gasteiger partial charge in [0.05, 0.1) is 18.1 Å². The van der Waals surface area contributed by atoms with Gasteiger partial charge in [0.2, 0.25) is 5.91 Å². The van der Waals surface area contributed by atoms with Crippen LogP contribution in [-0.4, -0.2) is 20.9 Å². The lowest BCUT2D eigenvalue weighted by molar-refractivity contribution is -0.116. The first-order chi connectivity index (χ1) is 8.29. The van der Waals surface area contributed by atoms with Crippen molar-refractivity contribution in [3.8, 4) is 5.69 Å². The molecule has 2 rings (SSSR count). The third-order valence-electron chi connectivity index (χ3n) is 2.28. The van der Waals surface area contributed by atoms with Gasteiger partial charge < -0.3 is 5.32 Å². The zero-order chi connectivity index (χ0) is 12.1. The molecule has 5 heteroatoms. The summed E-state index contributed by atoms with van der Waals surface area (Å²) in [5, 5.41) is 10.3. The van der Waals surface area contributed by atoms with Crippen molar-refractivity contribution in [2.24, 2.45) is 0 Å². The Morgan fingerprint density at radius 1 is 1.41 bits per heavy atom. The van der Waals surface area contributed by atoms with Gasteiger partial charge in [-0.25, -0.2) is 4.68 Å². The summed E-state index contributed by atoms with van der Waals surface area (Å²) in [6, 6.07) is 7.70. The molecule has 17 heavy (non-hydrogen) atoms. The Bertz CT molecular complexity index is 502. The van der Waals surface area contributed by atoms with Crippen LogP contribution in [0.25, 0.3) is 5.69 Å². The van der Waals surface area contributed by atoms with Gasteiger partial charge in [-0.2, -0.15) is 0 Å². The molecule has 0 radical (unpaired) electrons. The monoisotopic (exact) mass is 228 g/mol. The van der Waals surface area contributed by atoms with Crippen LogP contribution < -0.4 is 5.32 Å². The predicted octanol–water partition coefficient (Wildman–Crippen LogP) is 1.07. The Morgan fingerprint density at radius 2 is 2.18 bits per heavy atom. The minimum absolute atomic E-state index is 0.176. The van der Waals surface area contributed by atoms with Gasteiger partial charge in [0, 0.05) is 6.54 Å². The highest BCUT2D eigenvalue weighted by Crippen LogP contribution is 2.07. The smallest absolute Gasteiger partial charge is 0.243 e. The van der Waals surface area contributed by atoms with E-state index in [1.54, 1.807) is 17.1 Å². The zero-order valence-electron chi connectivity index (χ0n) is 9.21. The standard InChI is InChI=1S/C12H12N4O/c1-2-12(17)13-9-10-3-5-11(6-4-10)16-8-7-14-15-16/h2-8H,1,9H2,(H,13,17). The molecule has 1 amide bonds. The molecule has 0 fully saturated rings. The molecule has 0 saturated carbocycles. The summed E-state index contributed by atoms with van der Waals surface area (Å²) < 4.78 is 1.67. The van der Waals surface area contributed by atoms with Gasteiger partial charge in [-0.15, -0.1) is 5.10 Å². The minimum atomic E-state index is -0.176. The van der Waals surface area contributed by atoms with E-state index in [1.165, 1.54) is 6.08 Å². The maximum atomic E-state index is 11.0. The number of nitrogens with one attached hydrogen (secondary N) is 1. The van der Waals surface area contributed by atoms with Crippen LogP contribution in [0.4, 0.5) is 0 Å². The highest BCUT2D eigenvalue weighted by atomic mass is 16.1. The SMILES string of the molecule is C=CC(=O)NCc1ccc(-n2ccnn2)cc1. The fourth-order valence-electron chi connectivity index (χ4n) is 1.37. The van der Waals surface area contributed by atoms with Crippen molar-refractivity contribution in [2.75, 3.05) is 0 Å².